The maximum atomic E-state index is 12.8. The minimum Gasteiger partial charge on any atom is -0.382 e. The van der Waals surface area contributed by atoms with E-state index in [4.69, 9.17) is 51.5 Å². The van der Waals surface area contributed by atoms with Gasteiger partial charge in [0.05, 0.1) is 23.0 Å². The Morgan fingerprint density at radius 3 is 2.42 bits per heavy atom. The van der Waals surface area contributed by atoms with Crippen LogP contribution in [0.25, 0.3) is 0 Å². The van der Waals surface area contributed by atoms with Crippen molar-refractivity contribution >= 4 is 63.9 Å². The zero-order valence-electron chi connectivity index (χ0n) is 16.8. The van der Waals surface area contributed by atoms with Gasteiger partial charge in [-0.25, -0.2) is 0 Å². The van der Waals surface area contributed by atoms with Gasteiger partial charge in [-0.2, -0.15) is 13.2 Å². The molecule has 1 aliphatic rings. The Morgan fingerprint density at radius 1 is 1.15 bits per heavy atom. The summed E-state index contributed by atoms with van der Waals surface area (Å²) in [5.74, 6) is -2.81. The molecular weight excluding hydrogens is 527 g/mol. The Kier molecular flexibility index (Phi) is 7.46. The first-order chi connectivity index (χ1) is 15.2. The van der Waals surface area contributed by atoms with Gasteiger partial charge in [-0.15, -0.1) is 23.2 Å². The lowest BCUT2D eigenvalue weighted by Gasteiger charge is -2.15. The summed E-state index contributed by atoms with van der Waals surface area (Å²) in [6.07, 6.45) is -7.62. The van der Waals surface area contributed by atoms with Crippen LogP contribution in [0.15, 0.2) is 36.4 Å². The van der Waals surface area contributed by atoms with Gasteiger partial charge in [-0.3, -0.25) is 9.59 Å². The molecule has 0 radical (unpaired) electrons. The van der Waals surface area contributed by atoms with E-state index in [1.807, 2.05) is 18.3 Å². The van der Waals surface area contributed by atoms with E-state index < -0.39 is 46.8 Å². The van der Waals surface area contributed by atoms with Crippen molar-refractivity contribution in [3.05, 3.63) is 63.1 Å². The van der Waals surface area contributed by atoms with Crippen LogP contribution in [-0.2, 0) is 4.79 Å². The topological polar surface area (TPSA) is 78.4 Å². The molecule has 1 saturated carbocycles. The third-order valence-electron chi connectivity index (χ3n) is 5.07. The summed E-state index contributed by atoms with van der Waals surface area (Å²) in [7, 11) is 0. The summed E-state index contributed by atoms with van der Waals surface area (Å²) in [6.45, 7) is 0.782. The highest BCUT2D eigenvalue weighted by atomic mass is 35.5. The van der Waals surface area contributed by atoms with E-state index in [1.165, 1.54) is 18.2 Å². The molecular formula is C21H17Cl4F3N2O3. The molecule has 0 saturated heterocycles. The molecule has 0 bridgehead atoms. The molecule has 178 valence electrons. The third kappa shape index (κ3) is 5.87. The smallest absolute Gasteiger partial charge is 0.382 e. The Morgan fingerprint density at radius 2 is 1.82 bits per heavy atom. The normalized spacial score (nSPS) is 20.2. The number of anilines is 1. The number of aliphatic hydroxyl groups is 1. The first-order valence-corrected chi connectivity index (χ1v) is 11.0. The number of carbonyl (C=O) groups excluding carboxylic acids is 2. The van der Waals surface area contributed by atoms with Gasteiger partial charge in [0.25, 0.3) is 5.91 Å². The van der Waals surface area contributed by atoms with Gasteiger partial charge >= 0.3 is 6.18 Å². The van der Waals surface area contributed by atoms with Crippen LogP contribution in [0.2, 0.25) is 10.0 Å². The quantitative estimate of drug-likeness (QED) is 0.422. The molecule has 0 aromatic heterocycles. The Labute approximate surface area is 207 Å². The minimum atomic E-state index is -4.88. The van der Waals surface area contributed by atoms with Crippen molar-refractivity contribution < 1.29 is 27.9 Å². The molecule has 12 heteroatoms. The number of benzene rings is 2. The number of alkyl halides is 5. The summed E-state index contributed by atoms with van der Waals surface area (Å²) in [5.41, 5.74) is 1.54. The molecule has 0 aliphatic heterocycles. The van der Waals surface area contributed by atoms with Crippen molar-refractivity contribution in [1.82, 2.24) is 5.32 Å². The predicted octanol–water partition coefficient (Wildman–Crippen LogP) is 5.48. The van der Waals surface area contributed by atoms with Crippen molar-refractivity contribution in [2.75, 3.05) is 11.9 Å². The maximum Gasteiger partial charge on any atom is 0.416 e. The summed E-state index contributed by atoms with van der Waals surface area (Å²) in [4.78, 5) is 25.1. The number of nitrogens with one attached hydrogen (secondary N) is 2. The monoisotopic (exact) mass is 542 g/mol. The molecule has 3 N–H and O–H groups in total. The first kappa shape index (κ1) is 25.9. The number of hydrogen-bond acceptors (Lipinski definition) is 3. The van der Waals surface area contributed by atoms with E-state index >= 15 is 0 Å². The molecule has 3 rings (SSSR count). The number of aryl methyl sites for hydroxylation is 1. The lowest BCUT2D eigenvalue weighted by atomic mass is 10.1. The first-order valence-electron chi connectivity index (χ1n) is 9.50. The van der Waals surface area contributed by atoms with Crippen LogP contribution in [0.5, 0.6) is 0 Å². The standard InChI is InChI=1S/C21H17Cl4F3N2O3/c1-9-4-10(6-11(22)5-9)16-17(20(16,24)25)19(33)30-12-2-3-14(23)13(7-12)18(32)29-8-15(31)21(26,27)28/h2-7,15-17,31H,8H2,1H3,(H,29,32)(H,30,33). The fraction of sp³-hybridized carbons (Fsp3) is 0.333. The van der Waals surface area contributed by atoms with E-state index in [-0.39, 0.29) is 16.3 Å². The van der Waals surface area contributed by atoms with Crippen LogP contribution in [0.1, 0.15) is 27.4 Å². The van der Waals surface area contributed by atoms with Gasteiger partial charge in [-0.1, -0.05) is 29.3 Å². The largest absolute Gasteiger partial charge is 0.416 e. The molecule has 5 nitrogen and oxygen atoms in total. The zero-order valence-corrected chi connectivity index (χ0v) is 19.8. The van der Waals surface area contributed by atoms with Crippen LogP contribution >= 0.6 is 46.4 Å². The highest BCUT2D eigenvalue weighted by Crippen LogP contribution is 2.65. The van der Waals surface area contributed by atoms with Gasteiger partial charge in [0.15, 0.2) is 6.10 Å². The Hall–Kier alpha value is -1.71. The van der Waals surface area contributed by atoms with Crippen LogP contribution < -0.4 is 10.6 Å². The van der Waals surface area contributed by atoms with E-state index in [0.29, 0.717) is 10.6 Å². The van der Waals surface area contributed by atoms with Crippen molar-refractivity contribution in [3.8, 4) is 0 Å². The van der Waals surface area contributed by atoms with Crippen LogP contribution in [0.4, 0.5) is 18.9 Å². The summed E-state index contributed by atoms with van der Waals surface area (Å²) in [6, 6.07) is 9.15. The summed E-state index contributed by atoms with van der Waals surface area (Å²) < 4.78 is 35.9. The van der Waals surface area contributed by atoms with Crippen LogP contribution in [-0.4, -0.2) is 40.1 Å². The molecule has 2 amide bonds. The van der Waals surface area contributed by atoms with E-state index in [1.54, 1.807) is 12.1 Å². The number of rotatable bonds is 6. The van der Waals surface area contributed by atoms with E-state index in [9.17, 15) is 22.8 Å². The van der Waals surface area contributed by atoms with Gasteiger partial charge in [0.1, 0.15) is 4.33 Å². The molecule has 2 aromatic rings. The summed E-state index contributed by atoms with van der Waals surface area (Å²) >= 11 is 24.8. The van der Waals surface area contributed by atoms with Crippen LogP contribution in [0.3, 0.4) is 0 Å². The number of carbonyl (C=O) groups is 2. The van der Waals surface area contributed by atoms with Crippen molar-refractivity contribution in [2.24, 2.45) is 5.92 Å². The molecule has 1 fully saturated rings. The maximum absolute atomic E-state index is 12.8. The number of amides is 2. The SMILES string of the molecule is Cc1cc(Cl)cc(C2C(C(=O)Nc3ccc(Cl)c(C(=O)NCC(O)C(F)(F)F)c3)C2(Cl)Cl)c1. The average Bonchev–Trinajstić information content (AvgIpc) is 3.28. The Bertz CT molecular complexity index is 1070. The highest BCUT2D eigenvalue weighted by molar-refractivity contribution is 6.53. The van der Waals surface area contributed by atoms with Gasteiger partial charge in [0, 0.05) is 16.6 Å². The number of aliphatic hydroxyl groups excluding tert-OH is 1. The van der Waals surface area contributed by atoms with E-state index in [2.05, 4.69) is 5.32 Å². The molecule has 1 aliphatic carbocycles. The second kappa shape index (κ2) is 9.50. The average molecular weight is 544 g/mol. The molecule has 0 spiro atoms. The number of halogens is 7. The number of hydrogen-bond donors (Lipinski definition) is 3. The second-order valence-corrected chi connectivity index (χ2v) is 9.93. The van der Waals surface area contributed by atoms with Crippen molar-refractivity contribution in [1.29, 1.82) is 0 Å². The fourth-order valence-electron chi connectivity index (χ4n) is 3.41. The molecule has 3 unspecified atom stereocenters. The lowest BCUT2D eigenvalue weighted by molar-refractivity contribution is -0.201. The lowest BCUT2D eigenvalue weighted by Crippen LogP contribution is -2.40. The van der Waals surface area contributed by atoms with E-state index in [0.717, 1.165) is 5.56 Å². The minimum absolute atomic E-state index is 0.0604. The summed E-state index contributed by atoms with van der Waals surface area (Å²) in [5, 5.41) is 14.0. The zero-order chi connectivity index (χ0) is 24.7. The van der Waals surface area contributed by atoms with Gasteiger partial charge < -0.3 is 15.7 Å². The fourth-order valence-corrected chi connectivity index (χ4v) is 4.74. The predicted molar refractivity (Wildman–Crippen MR) is 121 cm³/mol. The highest BCUT2D eigenvalue weighted by Gasteiger charge is 2.67. The van der Waals surface area contributed by atoms with Crippen molar-refractivity contribution in [2.45, 2.75) is 29.5 Å². The van der Waals surface area contributed by atoms with Crippen LogP contribution in [0, 0.1) is 12.8 Å². The van der Waals surface area contributed by atoms with Crippen molar-refractivity contribution in [3.63, 3.8) is 0 Å². The molecule has 2 aromatic carbocycles. The molecule has 0 heterocycles. The van der Waals surface area contributed by atoms with Gasteiger partial charge in [-0.05, 0) is 48.4 Å². The van der Waals surface area contributed by atoms with Gasteiger partial charge in [0.2, 0.25) is 5.91 Å². The second-order valence-electron chi connectivity index (χ2n) is 7.64. The molecule has 33 heavy (non-hydrogen) atoms. The third-order valence-corrected chi connectivity index (χ3v) is 6.56. The Balaban J connectivity index is 1.72. The molecule has 3 atom stereocenters.